The van der Waals surface area contributed by atoms with Gasteiger partial charge in [-0.05, 0) is 42.4 Å². The van der Waals surface area contributed by atoms with Gasteiger partial charge in [0, 0.05) is 6.54 Å². The number of hydrogen-bond donors (Lipinski definition) is 2. The molecular formula is C18H21NO4. The molecule has 5 heteroatoms. The number of carbonyl (C=O) groups excluding carboxylic acids is 1. The molecule has 1 aromatic carbocycles. The molecule has 1 saturated carbocycles. The maximum atomic E-state index is 12.4. The summed E-state index contributed by atoms with van der Waals surface area (Å²) in [6, 6.07) is 7.70. The van der Waals surface area contributed by atoms with Crippen LogP contribution >= 0.6 is 0 Å². The Hall–Kier alpha value is -2.30. The largest absolute Gasteiger partial charge is 0.497 e. The molecule has 2 bridgehead atoms. The second-order valence-corrected chi connectivity index (χ2v) is 6.23. The van der Waals surface area contributed by atoms with Crippen LogP contribution in [0.5, 0.6) is 5.75 Å². The predicted octanol–water partition coefficient (Wildman–Crippen LogP) is 1.88. The minimum absolute atomic E-state index is 0.00911. The molecule has 0 aromatic heterocycles. The lowest BCUT2D eigenvalue weighted by Gasteiger charge is -2.23. The summed E-state index contributed by atoms with van der Waals surface area (Å²) in [5, 5.41) is 12.3. The number of methoxy groups -OCH3 is 1. The summed E-state index contributed by atoms with van der Waals surface area (Å²) < 4.78 is 5.11. The maximum absolute atomic E-state index is 12.4. The van der Waals surface area contributed by atoms with Crippen molar-refractivity contribution >= 4 is 11.9 Å². The summed E-state index contributed by atoms with van der Waals surface area (Å²) in [5.41, 5.74) is 1.11. The third kappa shape index (κ3) is 3.09. The Labute approximate surface area is 135 Å². The van der Waals surface area contributed by atoms with Crippen molar-refractivity contribution in [2.24, 2.45) is 23.7 Å². The lowest BCUT2D eigenvalue weighted by Crippen LogP contribution is -2.40. The van der Waals surface area contributed by atoms with Gasteiger partial charge in [0.2, 0.25) is 5.91 Å². The van der Waals surface area contributed by atoms with Gasteiger partial charge in [-0.1, -0.05) is 24.3 Å². The van der Waals surface area contributed by atoms with Crippen molar-refractivity contribution in [1.82, 2.24) is 5.32 Å². The Morgan fingerprint density at radius 3 is 2.43 bits per heavy atom. The quantitative estimate of drug-likeness (QED) is 0.786. The molecule has 0 aliphatic heterocycles. The van der Waals surface area contributed by atoms with Crippen LogP contribution in [0.1, 0.15) is 12.0 Å². The first kappa shape index (κ1) is 15.6. The molecule has 1 aromatic rings. The molecule has 3 rings (SSSR count). The van der Waals surface area contributed by atoms with E-state index in [1.165, 1.54) is 0 Å². The lowest BCUT2D eigenvalue weighted by molar-refractivity contribution is -0.147. The Kier molecular flexibility index (Phi) is 4.37. The summed E-state index contributed by atoms with van der Waals surface area (Å²) in [5.74, 6) is -1.13. The number of hydrogen-bond acceptors (Lipinski definition) is 3. The molecule has 1 fully saturated rings. The highest BCUT2D eigenvalue weighted by Crippen LogP contribution is 2.48. The summed E-state index contributed by atoms with van der Waals surface area (Å²) in [6.45, 7) is 0.509. The monoisotopic (exact) mass is 315 g/mol. The molecule has 0 saturated heterocycles. The second kappa shape index (κ2) is 6.44. The molecule has 4 atom stereocenters. The summed E-state index contributed by atoms with van der Waals surface area (Å²) in [7, 11) is 1.62. The normalized spacial score (nSPS) is 27.9. The molecule has 0 radical (unpaired) electrons. The number of allylic oxidation sites excluding steroid dienone is 2. The van der Waals surface area contributed by atoms with Gasteiger partial charge in [0.05, 0.1) is 18.9 Å². The fourth-order valence-corrected chi connectivity index (χ4v) is 3.76. The third-order valence-electron chi connectivity index (χ3n) is 4.92. The van der Waals surface area contributed by atoms with Crippen molar-refractivity contribution in [2.45, 2.75) is 12.8 Å². The van der Waals surface area contributed by atoms with Gasteiger partial charge >= 0.3 is 5.97 Å². The van der Waals surface area contributed by atoms with Gasteiger partial charge in [0.15, 0.2) is 0 Å². The SMILES string of the molecule is COc1ccc(CCNC(=O)[C@@H]2[C@@H](C(=O)O)[C@H]3C=C[C@@H]2C3)cc1. The molecule has 122 valence electrons. The van der Waals surface area contributed by atoms with Crippen molar-refractivity contribution in [3.05, 3.63) is 42.0 Å². The van der Waals surface area contributed by atoms with Gasteiger partial charge in [-0.2, -0.15) is 0 Å². The van der Waals surface area contributed by atoms with Crippen LogP contribution in [0.4, 0.5) is 0 Å². The Balaban J connectivity index is 1.54. The highest BCUT2D eigenvalue weighted by molar-refractivity contribution is 5.86. The number of carbonyl (C=O) groups is 2. The molecule has 2 N–H and O–H groups in total. The van der Waals surface area contributed by atoms with E-state index in [9.17, 15) is 14.7 Å². The van der Waals surface area contributed by atoms with Gasteiger partial charge in [-0.3, -0.25) is 9.59 Å². The van der Waals surface area contributed by atoms with E-state index in [4.69, 9.17) is 4.74 Å². The summed E-state index contributed by atoms with van der Waals surface area (Å²) >= 11 is 0. The summed E-state index contributed by atoms with van der Waals surface area (Å²) in [4.78, 5) is 23.8. The van der Waals surface area contributed by atoms with E-state index in [1.54, 1.807) is 7.11 Å². The lowest BCUT2D eigenvalue weighted by atomic mass is 9.82. The Bertz CT molecular complexity index is 622. The average molecular weight is 315 g/mol. The number of amides is 1. The van der Waals surface area contributed by atoms with Gasteiger partial charge in [-0.15, -0.1) is 0 Å². The zero-order chi connectivity index (χ0) is 16.4. The molecule has 2 aliphatic carbocycles. The zero-order valence-electron chi connectivity index (χ0n) is 13.1. The van der Waals surface area contributed by atoms with E-state index in [2.05, 4.69) is 5.32 Å². The Morgan fingerprint density at radius 2 is 1.83 bits per heavy atom. The number of benzene rings is 1. The number of rotatable bonds is 6. The second-order valence-electron chi connectivity index (χ2n) is 6.23. The zero-order valence-corrected chi connectivity index (χ0v) is 13.1. The minimum atomic E-state index is -0.864. The standard InChI is InChI=1S/C18H21NO4/c1-23-14-6-2-11(3-7-14)8-9-19-17(20)15-12-4-5-13(10-12)16(15)18(21)22/h2-7,12-13,15-16H,8-10H2,1H3,(H,19,20)(H,21,22)/t12-,13+,15+,16+/m1/s1. The topological polar surface area (TPSA) is 75.6 Å². The number of nitrogens with one attached hydrogen (secondary N) is 1. The molecule has 23 heavy (non-hydrogen) atoms. The van der Waals surface area contributed by atoms with E-state index < -0.39 is 17.8 Å². The Morgan fingerprint density at radius 1 is 1.17 bits per heavy atom. The number of ether oxygens (including phenoxy) is 1. The smallest absolute Gasteiger partial charge is 0.307 e. The van der Waals surface area contributed by atoms with Crippen LogP contribution in [0.3, 0.4) is 0 Å². The van der Waals surface area contributed by atoms with Crippen LogP contribution in [-0.4, -0.2) is 30.6 Å². The molecule has 2 aliphatic rings. The molecule has 1 amide bonds. The van der Waals surface area contributed by atoms with Crippen LogP contribution < -0.4 is 10.1 Å². The maximum Gasteiger partial charge on any atom is 0.307 e. The highest BCUT2D eigenvalue weighted by atomic mass is 16.5. The van der Waals surface area contributed by atoms with Crippen LogP contribution in [0.25, 0.3) is 0 Å². The van der Waals surface area contributed by atoms with Gasteiger partial charge < -0.3 is 15.2 Å². The predicted molar refractivity (Wildman–Crippen MR) is 85.1 cm³/mol. The van der Waals surface area contributed by atoms with Crippen LogP contribution in [0, 0.1) is 23.7 Å². The van der Waals surface area contributed by atoms with E-state index in [0.29, 0.717) is 13.0 Å². The van der Waals surface area contributed by atoms with Gasteiger partial charge in [0.1, 0.15) is 5.75 Å². The summed E-state index contributed by atoms with van der Waals surface area (Å²) in [6.07, 6.45) is 5.44. The van der Waals surface area contributed by atoms with Crippen molar-refractivity contribution in [1.29, 1.82) is 0 Å². The first-order valence-corrected chi connectivity index (χ1v) is 7.92. The molecular weight excluding hydrogens is 294 g/mol. The van der Waals surface area contributed by atoms with Crippen molar-refractivity contribution in [2.75, 3.05) is 13.7 Å². The molecule has 0 spiro atoms. The fourth-order valence-electron chi connectivity index (χ4n) is 3.76. The average Bonchev–Trinajstić information content (AvgIpc) is 3.16. The highest BCUT2D eigenvalue weighted by Gasteiger charge is 2.51. The van der Waals surface area contributed by atoms with Crippen molar-refractivity contribution in [3.8, 4) is 5.75 Å². The van der Waals surface area contributed by atoms with Gasteiger partial charge in [-0.25, -0.2) is 0 Å². The molecule has 0 unspecified atom stereocenters. The molecule has 5 nitrogen and oxygen atoms in total. The molecule has 0 heterocycles. The fraction of sp³-hybridized carbons (Fsp3) is 0.444. The third-order valence-corrected chi connectivity index (χ3v) is 4.92. The minimum Gasteiger partial charge on any atom is -0.497 e. The van der Waals surface area contributed by atoms with E-state index in [-0.39, 0.29) is 17.7 Å². The number of aliphatic carboxylic acids is 1. The van der Waals surface area contributed by atoms with Crippen molar-refractivity contribution in [3.63, 3.8) is 0 Å². The van der Waals surface area contributed by atoms with E-state index in [0.717, 1.165) is 17.7 Å². The number of carboxylic acids is 1. The van der Waals surface area contributed by atoms with Crippen LogP contribution in [0.15, 0.2) is 36.4 Å². The van der Waals surface area contributed by atoms with Crippen LogP contribution in [-0.2, 0) is 16.0 Å². The van der Waals surface area contributed by atoms with E-state index >= 15 is 0 Å². The van der Waals surface area contributed by atoms with Gasteiger partial charge in [0.25, 0.3) is 0 Å². The first-order valence-electron chi connectivity index (χ1n) is 7.92. The van der Waals surface area contributed by atoms with E-state index in [1.807, 2.05) is 36.4 Å². The number of fused-ring (bicyclic) bond motifs is 2. The van der Waals surface area contributed by atoms with Crippen LogP contribution in [0.2, 0.25) is 0 Å². The van der Waals surface area contributed by atoms with Crippen molar-refractivity contribution < 1.29 is 19.4 Å². The number of carboxylic acid groups (broad SMARTS) is 1. The first-order chi connectivity index (χ1) is 11.1.